The molecule has 0 unspecified atom stereocenters. The summed E-state index contributed by atoms with van der Waals surface area (Å²) in [5.41, 5.74) is 11.5. The standard InChI is InChI=1S/C41H54O2/c1-3-5-7-9-17-28-42-30-39-34-23-13-15-25-37(34)41(36-27-19-21-32-20-11-12-22-33(32)36)38-26-16-14-24-35(38)40(39)31-43-29-18-10-8-6-4-2/h11-16,20,22-26,39-40H,3-10,17-19,21,27-31H2,1-2H3/t39-,40-/m0/s1. The summed E-state index contributed by atoms with van der Waals surface area (Å²) in [6.45, 7) is 7.72. The molecule has 2 nitrogen and oxygen atoms in total. The number of rotatable bonds is 16. The Balaban J connectivity index is 1.51. The summed E-state index contributed by atoms with van der Waals surface area (Å²) in [5, 5.41) is 0. The number of hydrogen-bond acceptors (Lipinski definition) is 2. The maximum absolute atomic E-state index is 6.55. The van der Waals surface area contributed by atoms with Crippen LogP contribution in [0.15, 0.2) is 72.8 Å². The Labute approximate surface area is 261 Å². The van der Waals surface area contributed by atoms with E-state index in [9.17, 15) is 0 Å². The van der Waals surface area contributed by atoms with Crippen LogP contribution in [0, 0.1) is 0 Å². The first-order chi connectivity index (χ1) is 21.3. The Morgan fingerprint density at radius 2 is 1.02 bits per heavy atom. The summed E-state index contributed by atoms with van der Waals surface area (Å²) < 4.78 is 13.1. The molecule has 0 saturated heterocycles. The van der Waals surface area contributed by atoms with Crippen molar-refractivity contribution in [1.82, 2.24) is 0 Å². The van der Waals surface area contributed by atoms with Crippen LogP contribution in [-0.4, -0.2) is 26.4 Å². The van der Waals surface area contributed by atoms with Gasteiger partial charge in [-0.3, -0.25) is 0 Å². The molecule has 0 spiro atoms. The van der Waals surface area contributed by atoms with Crippen molar-refractivity contribution < 1.29 is 9.47 Å². The van der Waals surface area contributed by atoms with Gasteiger partial charge < -0.3 is 9.47 Å². The number of allylic oxidation sites excluding steroid dienone is 1. The molecule has 0 radical (unpaired) electrons. The predicted molar refractivity (Wildman–Crippen MR) is 183 cm³/mol. The van der Waals surface area contributed by atoms with Gasteiger partial charge in [0.25, 0.3) is 0 Å². The third-order valence-electron chi connectivity index (χ3n) is 9.64. The minimum absolute atomic E-state index is 0.255. The predicted octanol–water partition coefficient (Wildman–Crippen LogP) is 11.1. The molecule has 0 aliphatic heterocycles. The summed E-state index contributed by atoms with van der Waals surface area (Å²) in [4.78, 5) is 0. The fraction of sp³-hybridized carbons (Fsp3) is 0.512. The first kappa shape index (κ1) is 31.7. The fourth-order valence-electron chi connectivity index (χ4n) is 7.33. The molecule has 0 fully saturated rings. The van der Waals surface area contributed by atoms with Gasteiger partial charge in [0, 0.05) is 25.0 Å². The van der Waals surface area contributed by atoms with Crippen molar-refractivity contribution >= 4 is 11.1 Å². The van der Waals surface area contributed by atoms with Crippen LogP contribution in [0.25, 0.3) is 11.1 Å². The number of unbranched alkanes of at least 4 members (excludes halogenated alkanes) is 8. The number of hydrogen-bond donors (Lipinski definition) is 0. The van der Waals surface area contributed by atoms with Gasteiger partial charge in [0.1, 0.15) is 0 Å². The molecule has 43 heavy (non-hydrogen) atoms. The summed E-state index contributed by atoms with van der Waals surface area (Å²) in [7, 11) is 0. The summed E-state index contributed by atoms with van der Waals surface area (Å²) in [5.74, 6) is 0.509. The highest BCUT2D eigenvalue weighted by Gasteiger charge is 2.35. The Bertz CT molecular complexity index is 1230. The molecule has 2 atom stereocenters. The van der Waals surface area contributed by atoms with E-state index in [0.29, 0.717) is 0 Å². The van der Waals surface area contributed by atoms with Crippen molar-refractivity contribution in [3.63, 3.8) is 0 Å². The van der Waals surface area contributed by atoms with Crippen LogP contribution in [-0.2, 0) is 15.9 Å². The van der Waals surface area contributed by atoms with E-state index < -0.39 is 0 Å². The van der Waals surface area contributed by atoms with Crippen LogP contribution in [0.2, 0.25) is 0 Å². The minimum Gasteiger partial charge on any atom is -0.381 e. The third kappa shape index (κ3) is 8.08. The molecule has 230 valence electrons. The van der Waals surface area contributed by atoms with E-state index >= 15 is 0 Å². The third-order valence-corrected chi connectivity index (χ3v) is 9.64. The van der Waals surface area contributed by atoms with E-state index in [0.717, 1.165) is 45.7 Å². The second-order valence-electron chi connectivity index (χ2n) is 12.7. The molecule has 5 rings (SSSR count). The van der Waals surface area contributed by atoms with E-state index in [1.165, 1.54) is 109 Å². The quantitative estimate of drug-likeness (QED) is 0.157. The zero-order valence-corrected chi connectivity index (χ0v) is 26.9. The van der Waals surface area contributed by atoms with Crippen LogP contribution in [0.1, 0.15) is 136 Å². The summed E-state index contributed by atoms with van der Waals surface area (Å²) in [6, 6.07) is 27.5. The molecule has 2 heteroatoms. The van der Waals surface area contributed by atoms with Gasteiger partial charge >= 0.3 is 0 Å². The Hall–Kier alpha value is -2.68. The first-order valence-electron chi connectivity index (χ1n) is 17.5. The largest absolute Gasteiger partial charge is 0.381 e. The molecule has 0 saturated carbocycles. The molecule has 3 aromatic rings. The molecule has 0 aromatic heterocycles. The first-order valence-corrected chi connectivity index (χ1v) is 17.5. The van der Waals surface area contributed by atoms with Crippen LogP contribution in [0.3, 0.4) is 0 Å². The van der Waals surface area contributed by atoms with Gasteiger partial charge in [0.2, 0.25) is 0 Å². The van der Waals surface area contributed by atoms with Gasteiger partial charge in [-0.15, -0.1) is 0 Å². The van der Waals surface area contributed by atoms with E-state index in [2.05, 4.69) is 86.6 Å². The van der Waals surface area contributed by atoms with E-state index in [1.807, 2.05) is 0 Å². The van der Waals surface area contributed by atoms with Crippen LogP contribution in [0.5, 0.6) is 0 Å². The molecule has 2 aliphatic rings. The maximum Gasteiger partial charge on any atom is 0.0541 e. The topological polar surface area (TPSA) is 18.5 Å². The molecule has 0 heterocycles. The highest BCUT2D eigenvalue weighted by Crippen LogP contribution is 2.49. The zero-order chi connectivity index (χ0) is 29.7. The van der Waals surface area contributed by atoms with Crippen molar-refractivity contribution in [3.8, 4) is 0 Å². The van der Waals surface area contributed by atoms with Crippen LogP contribution < -0.4 is 0 Å². The fourth-order valence-corrected chi connectivity index (χ4v) is 7.33. The lowest BCUT2D eigenvalue weighted by atomic mass is 9.80. The second-order valence-corrected chi connectivity index (χ2v) is 12.7. The van der Waals surface area contributed by atoms with Crippen molar-refractivity contribution in [1.29, 1.82) is 0 Å². The van der Waals surface area contributed by atoms with Gasteiger partial charge in [0.05, 0.1) is 13.2 Å². The SMILES string of the molecule is CCCCCCCOC[C@H]1c2ccccc2C(=C2CCCc3ccccc32)c2ccccc2[C@@H]1COCCCCCCC. The van der Waals surface area contributed by atoms with E-state index in [4.69, 9.17) is 9.47 Å². The summed E-state index contributed by atoms with van der Waals surface area (Å²) >= 11 is 0. The van der Waals surface area contributed by atoms with Crippen molar-refractivity contribution in [2.75, 3.05) is 26.4 Å². The molecular formula is C41H54O2. The average molecular weight is 579 g/mol. The Morgan fingerprint density at radius 3 is 1.58 bits per heavy atom. The summed E-state index contributed by atoms with van der Waals surface area (Å²) in [6.07, 6.45) is 16.1. The number of ether oxygens (including phenoxy) is 2. The lowest BCUT2D eigenvalue weighted by molar-refractivity contribution is 0.0746. The monoisotopic (exact) mass is 578 g/mol. The van der Waals surface area contributed by atoms with E-state index in [1.54, 1.807) is 0 Å². The lowest BCUT2D eigenvalue weighted by Gasteiger charge is -2.28. The van der Waals surface area contributed by atoms with Crippen molar-refractivity contribution in [2.45, 2.75) is 109 Å². The highest BCUT2D eigenvalue weighted by molar-refractivity contribution is 6.01. The highest BCUT2D eigenvalue weighted by atomic mass is 16.5. The van der Waals surface area contributed by atoms with Gasteiger partial charge in [-0.25, -0.2) is 0 Å². The second kappa shape index (κ2) is 17.0. The molecule has 0 bridgehead atoms. The number of benzene rings is 3. The Morgan fingerprint density at radius 1 is 0.535 bits per heavy atom. The number of fused-ring (bicyclic) bond motifs is 3. The molecule has 2 aliphatic carbocycles. The van der Waals surface area contributed by atoms with Gasteiger partial charge in [0.15, 0.2) is 0 Å². The average Bonchev–Trinajstić information content (AvgIpc) is 3.16. The van der Waals surface area contributed by atoms with E-state index in [-0.39, 0.29) is 11.8 Å². The van der Waals surface area contributed by atoms with Crippen molar-refractivity contribution in [2.24, 2.45) is 0 Å². The van der Waals surface area contributed by atoms with Crippen LogP contribution >= 0.6 is 0 Å². The van der Waals surface area contributed by atoms with Crippen LogP contribution in [0.4, 0.5) is 0 Å². The molecule has 0 amide bonds. The maximum atomic E-state index is 6.55. The normalized spacial score (nSPS) is 17.7. The zero-order valence-electron chi connectivity index (χ0n) is 26.9. The Kier molecular flexibility index (Phi) is 12.5. The smallest absolute Gasteiger partial charge is 0.0541 e. The molecule has 3 aromatic carbocycles. The van der Waals surface area contributed by atoms with Gasteiger partial charge in [-0.2, -0.15) is 0 Å². The lowest BCUT2D eigenvalue weighted by Crippen LogP contribution is -2.22. The van der Waals surface area contributed by atoms with Gasteiger partial charge in [-0.1, -0.05) is 138 Å². The van der Waals surface area contributed by atoms with Gasteiger partial charge in [-0.05, 0) is 76.6 Å². The van der Waals surface area contributed by atoms with Crippen molar-refractivity contribution in [3.05, 3.63) is 106 Å². The number of aryl methyl sites for hydroxylation is 1. The molecular weight excluding hydrogens is 524 g/mol. The minimum atomic E-state index is 0.255. The molecule has 0 N–H and O–H groups in total.